The minimum absolute atomic E-state index is 0.965. The topological polar surface area (TPSA) is 26.6 Å². The molecule has 0 aliphatic carbocycles. The highest BCUT2D eigenvalue weighted by molar-refractivity contribution is 6.16. The Morgan fingerprint density at radius 2 is 1.06 bits per heavy atom. The summed E-state index contributed by atoms with van der Waals surface area (Å²) in [5.74, 6) is 0.965. The molecule has 0 saturated heterocycles. The third-order valence-corrected chi connectivity index (χ3v) is 7.57. The zero-order valence-corrected chi connectivity index (χ0v) is 18.7. The second-order valence-corrected chi connectivity index (χ2v) is 9.32. The van der Waals surface area contributed by atoms with Gasteiger partial charge in [0.1, 0.15) is 0 Å². The van der Waals surface area contributed by atoms with Gasteiger partial charge >= 0.3 is 0 Å². The van der Waals surface area contributed by atoms with Crippen LogP contribution in [0.15, 0.2) is 109 Å². The van der Waals surface area contributed by atoms with Crippen molar-refractivity contribution in [1.29, 1.82) is 0 Å². The van der Waals surface area contributed by atoms with Crippen molar-refractivity contribution < 1.29 is 0 Å². The molecule has 9 aromatic rings. The molecule has 5 aromatic carbocycles. The molecule has 162 valence electrons. The summed E-state index contributed by atoms with van der Waals surface area (Å²) in [5, 5.41) is 5.09. The maximum absolute atomic E-state index is 5.12. The molecular formula is C31H18N4. The highest BCUT2D eigenvalue weighted by Gasteiger charge is 2.21. The quantitative estimate of drug-likeness (QED) is 0.255. The number of benzene rings is 5. The normalized spacial score (nSPS) is 12.6. The maximum atomic E-state index is 5.12. The standard InChI is InChI=1S/C31H18N4/c1-4-12-25-20(8-1)21-9-2-5-13-26(21)33(25)19-16-17-24-29(18-19)34-28-15-7-11-23-22-10-3-6-14-27(22)35(30(23)28)31(34)32-24/h1-18H. The van der Waals surface area contributed by atoms with Crippen LogP contribution in [0.4, 0.5) is 0 Å². The summed E-state index contributed by atoms with van der Waals surface area (Å²) in [6, 6.07) is 39.1. The van der Waals surface area contributed by atoms with Gasteiger partial charge < -0.3 is 4.57 Å². The minimum Gasteiger partial charge on any atom is -0.309 e. The van der Waals surface area contributed by atoms with Crippen molar-refractivity contribution in [2.75, 3.05) is 0 Å². The smallest absolute Gasteiger partial charge is 0.220 e. The Kier molecular flexibility index (Phi) is 3.01. The molecule has 0 amide bonds. The molecule has 0 atom stereocenters. The summed E-state index contributed by atoms with van der Waals surface area (Å²) < 4.78 is 7.01. The Hall–Kier alpha value is -4.83. The number of hydrogen-bond acceptors (Lipinski definition) is 1. The molecule has 0 radical (unpaired) electrons. The molecule has 0 aliphatic heterocycles. The first-order valence-electron chi connectivity index (χ1n) is 11.9. The molecule has 9 rings (SSSR count). The van der Waals surface area contributed by atoms with Crippen LogP contribution in [0.25, 0.3) is 71.6 Å². The number of fused-ring (bicyclic) bond motifs is 11. The van der Waals surface area contributed by atoms with Gasteiger partial charge in [-0.2, -0.15) is 0 Å². The summed E-state index contributed by atoms with van der Waals surface area (Å²) in [4.78, 5) is 5.12. The van der Waals surface area contributed by atoms with Crippen molar-refractivity contribution in [2.45, 2.75) is 0 Å². The molecule has 0 saturated carbocycles. The van der Waals surface area contributed by atoms with E-state index >= 15 is 0 Å². The van der Waals surface area contributed by atoms with E-state index in [4.69, 9.17) is 4.98 Å². The van der Waals surface area contributed by atoms with Gasteiger partial charge in [0.15, 0.2) is 0 Å². The largest absolute Gasteiger partial charge is 0.309 e. The third kappa shape index (κ3) is 2.02. The highest BCUT2D eigenvalue weighted by Crippen LogP contribution is 2.37. The molecule has 4 nitrogen and oxygen atoms in total. The van der Waals surface area contributed by atoms with Crippen LogP contribution in [0.5, 0.6) is 0 Å². The maximum Gasteiger partial charge on any atom is 0.220 e. The Morgan fingerprint density at radius 3 is 1.80 bits per heavy atom. The van der Waals surface area contributed by atoms with Gasteiger partial charge in [-0.1, -0.05) is 66.7 Å². The number of rotatable bonds is 1. The number of para-hydroxylation sites is 4. The van der Waals surface area contributed by atoms with Crippen LogP contribution in [0.2, 0.25) is 0 Å². The lowest BCUT2D eigenvalue weighted by Gasteiger charge is -2.08. The van der Waals surface area contributed by atoms with Gasteiger partial charge in [-0.25, -0.2) is 4.98 Å². The molecule has 4 heteroatoms. The number of imidazole rings is 2. The van der Waals surface area contributed by atoms with Gasteiger partial charge in [-0.15, -0.1) is 0 Å². The van der Waals surface area contributed by atoms with Crippen molar-refractivity contribution in [1.82, 2.24) is 18.4 Å². The average molecular weight is 447 g/mol. The van der Waals surface area contributed by atoms with Gasteiger partial charge in [-0.3, -0.25) is 8.80 Å². The molecular weight excluding hydrogens is 428 g/mol. The van der Waals surface area contributed by atoms with Crippen LogP contribution < -0.4 is 0 Å². The highest BCUT2D eigenvalue weighted by atomic mass is 15.2. The van der Waals surface area contributed by atoms with E-state index in [1.165, 1.54) is 49.1 Å². The fourth-order valence-corrected chi connectivity index (χ4v) is 6.17. The second kappa shape index (κ2) is 5.99. The monoisotopic (exact) mass is 446 g/mol. The minimum atomic E-state index is 0.965. The van der Waals surface area contributed by atoms with Crippen LogP contribution in [-0.2, 0) is 0 Å². The van der Waals surface area contributed by atoms with Gasteiger partial charge in [0, 0.05) is 27.2 Å². The number of nitrogens with zero attached hydrogens (tertiary/aromatic N) is 4. The van der Waals surface area contributed by atoms with Crippen molar-refractivity contribution in [3.05, 3.63) is 109 Å². The summed E-state index contributed by atoms with van der Waals surface area (Å²) in [6.45, 7) is 0. The predicted octanol–water partition coefficient (Wildman–Crippen LogP) is 7.58. The number of aromatic nitrogens is 4. The molecule has 0 spiro atoms. The average Bonchev–Trinajstić information content (AvgIpc) is 3.63. The molecule has 4 heterocycles. The van der Waals surface area contributed by atoms with Gasteiger partial charge in [0.2, 0.25) is 5.78 Å². The van der Waals surface area contributed by atoms with Crippen LogP contribution in [0.1, 0.15) is 0 Å². The van der Waals surface area contributed by atoms with Crippen LogP contribution in [0, 0.1) is 0 Å². The van der Waals surface area contributed by atoms with Crippen LogP contribution in [0.3, 0.4) is 0 Å². The summed E-state index contributed by atoms with van der Waals surface area (Å²) >= 11 is 0. The second-order valence-electron chi connectivity index (χ2n) is 9.32. The fraction of sp³-hybridized carbons (Fsp3) is 0. The van der Waals surface area contributed by atoms with Crippen molar-refractivity contribution in [3.63, 3.8) is 0 Å². The lowest BCUT2D eigenvalue weighted by molar-refractivity contribution is 1.18. The third-order valence-electron chi connectivity index (χ3n) is 7.57. The Morgan fingerprint density at radius 1 is 0.457 bits per heavy atom. The molecule has 35 heavy (non-hydrogen) atoms. The Labute approximate surface area is 199 Å². The van der Waals surface area contributed by atoms with E-state index in [2.05, 4.69) is 123 Å². The lowest BCUT2D eigenvalue weighted by Crippen LogP contribution is -1.94. The van der Waals surface area contributed by atoms with Crippen molar-refractivity contribution in [3.8, 4) is 5.69 Å². The summed E-state index contributed by atoms with van der Waals surface area (Å²) in [6.07, 6.45) is 0. The fourth-order valence-electron chi connectivity index (χ4n) is 6.17. The predicted molar refractivity (Wildman–Crippen MR) is 144 cm³/mol. The van der Waals surface area contributed by atoms with E-state index < -0.39 is 0 Å². The van der Waals surface area contributed by atoms with Crippen molar-refractivity contribution >= 4 is 65.9 Å². The van der Waals surface area contributed by atoms with E-state index in [0.717, 1.165) is 22.5 Å². The Bertz CT molecular complexity index is 2220. The molecule has 4 aromatic heterocycles. The Balaban J connectivity index is 1.45. The van der Waals surface area contributed by atoms with E-state index in [9.17, 15) is 0 Å². The molecule has 0 fully saturated rings. The van der Waals surface area contributed by atoms with E-state index in [1.807, 2.05) is 0 Å². The first kappa shape index (κ1) is 17.6. The van der Waals surface area contributed by atoms with Crippen LogP contribution in [-0.4, -0.2) is 18.4 Å². The molecule has 0 aliphatic rings. The van der Waals surface area contributed by atoms with Gasteiger partial charge in [0.25, 0.3) is 0 Å². The van der Waals surface area contributed by atoms with Gasteiger partial charge in [0.05, 0.1) is 38.6 Å². The van der Waals surface area contributed by atoms with E-state index in [0.29, 0.717) is 0 Å². The summed E-state index contributed by atoms with van der Waals surface area (Å²) in [7, 11) is 0. The molecule has 0 N–H and O–H groups in total. The van der Waals surface area contributed by atoms with E-state index in [1.54, 1.807) is 0 Å². The lowest BCUT2D eigenvalue weighted by atomic mass is 10.1. The van der Waals surface area contributed by atoms with Crippen molar-refractivity contribution in [2.24, 2.45) is 0 Å². The molecule has 0 bridgehead atoms. The zero-order valence-electron chi connectivity index (χ0n) is 18.7. The number of hydrogen-bond donors (Lipinski definition) is 0. The SMILES string of the molecule is c1ccc2c(c1)c1ccccc1n2-c1ccc2nc3n(c2c1)c1cccc2c4ccccc4n3c21. The first-order valence-corrected chi connectivity index (χ1v) is 11.9. The van der Waals surface area contributed by atoms with Gasteiger partial charge in [-0.05, 0) is 42.5 Å². The van der Waals surface area contributed by atoms with E-state index in [-0.39, 0.29) is 0 Å². The molecule has 0 unspecified atom stereocenters. The summed E-state index contributed by atoms with van der Waals surface area (Å²) in [5.41, 5.74) is 9.33. The van der Waals surface area contributed by atoms with Crippen LogP contribution >= 0.6 is 0 Å². The zero-order chi connectivity index (χ0) is 22.7. The first-order chi connectivity index (χ1) is 17.4.